The Morgan fingerprint density at radius 1 is 0.771 bits per heavy atom. The van der Waals surface area contributed by atoms with Crippen molar-refractivity contribution in [1.29, 1.82) is 0 Å². The van der Waals surface area contributed by atoms with E-state index in [9.17, 15) is 13.2 Å². The highest BCUT2D eigenvalue weighted by molar-refractivity contribution is 9.10. The number of anilines is 2. The summed E-state index contributed by atoms with van der Waals surface area (Å²) in [6.07, 6.45) is 0. The second-order valence-corrected chi connectivity index (χ2v) is 9.93. The van der Waals surface area contributed by atoms with Crippen molar-refractivity contribution in [2.24, 2.45) is 0 Å². The van der Waals surface area contributed by atoms with Crippen LogP contribution in [0.15, 0.2) is 112 Å². The lowest BCUT2D eigenvalue weighted by Crippen LogP contribution is -2.20. The standard InChI is InChI=1S/C26H21BrN2O5S/c27-19-10-12-20(13-11-19)29-35(31,32)23-16-14-21(15-17-23)33-18-26(30)28-24-8-4-5-9-25(24)34-22-6-2-1-3-7-22/h1-17,29H,18H2,(H,28,30). The third-order valence-electron chi connectivity index (χ3n) is 4.73. The summed E-state index contributed by atoms with van der Waals surface area (Å²) < 4.78 is 39.9. The average molecular weight is 553 g/mol. The SMILES string of the molecule is O=C(COc1ccc(S(=O)(=O)Nc2ccc(Br)cc2)cc1)Nc1ccccc1Oc1ccccc1. The molecule has 4 aromatic rings. The zero-order chi connectivity index (χ0) is 24.7. The van der Waals surface area contributed by atoms with Crippen LogP contribution in [0.4, 0.5) is 11.4 Å². The first-order valence-corrected chi connectivity index (χ1v) is 12.8. The summed E-state index contributed by atoms with van der Waals surface area (Å²) in [6.45, 7) is -0.261. The highest BCUT2D eigenvalue weighted by Gasteiger charge is 2.15. The Labute approximate surface area is 211 Å². The van der Waals surface area contributed by atoms with Gasteiger partial charge in [-0.1, -0.05) is 46.3 Å². The molecule has 0 unspecified atom stereocenters. The molecule has 0 bridgehead atoms. The smallest absolute Gasteiger partial charge is 0.262 e. The number of nitrogens with one attached hydrogen (secondary N) is 2. The lowest BCUT2D eigenvalue weighted by atomic mass is 10.3. The van der Waals surface area contributed by atoms with Crippen molar-refractivity contribution < 1.29 is 22.7 Å². The van der Waals surface area contributed by atoms with E-state index >= 15 is 0 Å². The number of benzene rings is 4. The number of carbonyl (C=O) groups is 1. The van der Waals surface area contributed by atoms with Crippen LogP contribution < -0.4 is 19.5 Å². The van der Waals surface area contributed by atoms with Crippen molar-refractivity contribution in [1.82, 2.24) is 0 Å². The van der Waals surface area contributed by atoms with Crippen molar-refractivity contribution in [2.45, 2.75) is 4.90 Å². The Morgan fingerprint density at radius 3 is 2.14 bits per heavy atom. The molecule has 7 nitrogen and oxygen atoms in total. The van der Waals surface area contributed by atoms with Gasteiger partial charge in [0.1, 0.15) is 11.5 Å². The van der Waals surface area contributed by atoms with E-state index in [2.05, 4.69) is 26.0 Å². The van der Waals surface area contributed by atoms with Crippen LogP contribution in [0.5, 0.6) is 17.2 Å². The molecule has 4 rings (SSSR count). The van der Waals surface area contributed by atoms with E-state index in [1.807, 2.05) is 36.4 Å². The third kappa shape index (κ3) is 6.84. The number of hydrogen-bond acceptors (Lipinski definition) is 5. The second kappa shape index (κ2) is 11.1. The monoisotopic (exact) mass is 552 g/mol. The molecule has 1 amide bonds. The molecular weight excluding hydrogens is 532 g/mol. The number of amides is 1. The minimum atomic E-state index is -3.76. The number of hydrogen-bond donors (Lipinski definition) is 2. The third-order valence-corrected chi connectivity index (χ3v) is 6.66. The highest BCUT2D eigenvalue weighted by Crippen LogP contribution is 2.29. The first-order valence-electron chi connectivity index (χ1n) is 10.5. The van der Waals surface area contributed by atoms with Crippen LogP contribution in [-0.2, 0) is 14.8 Å². The van der Waals surface area contributed by atoms with Gasteiger partial charge in [0, 0.05) is 10.2 Å². The van der Waals surface area contributed by atoms with E-state index in [4.69, 9.17) is 9.47 Å². The predicted octanol–water partition coefficient (Wildman–Crippen LogP) is 6.06. The maximum absolute atomic E-state index is 12.6. The molecule has 4 aromatic carbocycles. The van der Waals surface area contributed by atoms with Crippen molar-refractivity contribution in [3.05, 3.63) is 108 Å². The van der Waals surface area contributed by atoms with Gasteiger partial charge in [-0.05, 0) is 72.8 Å². The zero-order valence-electron chi connectivity index (χ0n) is 18.3. The molecule has 0 atom stereocenters. The van der Waals surface area contributed by atoms with Gasteiger partial charge in [0.05, 0.1) is 10.6 Å². The number of sulfonamides is 1. The number of carbonyl (C=O) groups excluding carboxylic acids is 1. The van der Waals surface area contributed by atoms with Gasteiger partial charge in [-0.3, -0.25) is 9.52 Å². The van der Waals surface area contributed by atoms with Gasteiger partial charge in [0.2, 0.25) is 0 Å². The predicted molar refractivity (Wildman–Crippen MR) is 138 cm³/mol. The molecule has 2 N–H and O–H groups in total. The molecular formula is C26H21BrN2O5S. The summed E-state index contributed by atoms with van der Waals surface area (Å²) in [4.78, 5) is 12.5. The van der Waals surface area contributed by atoms with Crippen molar-refractivity contribution in [3.8, 4) is 17.2 Å². The van der Waals surface area contributed by atoms with Crippen LogP contribution in [0.2, 0.25) is 0 Å². The molecule has 0 spiro atoms. The molecule has 0 saturated carbocycles. The van der Waals surface area contributed by atoms with Crippen molar-refractivity contribution in [3.63, 3.8) is 0 Å². The lowest BCUT2D eigenvalue weighted by Gasteiger charge is -2.13. The molecule has 0 saturated heterocycles. The van der Waals surface area contributed by atoms with Crippen molar-refractivity contribution in [2.75, 3.05) is 16.6 Å². The highest BCUT2D eigenvalue weighted by atomic mass is 79.9. The van der Waals surface area contributed by atoms with Gasteiger partial charge < -0.3 is 14.8 Å². The van der Waals surface area contributed by atoms with Crippen LogP contribution in [0.1, 0.15) is 0 Å². The summed E-state index contributed by atoms with van der Waals surface area (Å²) >= 11 is 3.31. The van der Waals surface area contributed by atoms with Crippen LogP contribution in [0.25, 0.3) is 0 Å². The normalized spacial score (nSPS) is 10.9. The van der Waals surface area contributed by atoms with Gasteiger partial charge in [-0.15, -0.1) is 0 Å². The molecule has 0 aliphatic heterocycles. The largest absolute Gasteiger partial charge is 0.484 e. The van der Waals surface area contributed by atoms with E-state index in [1.165, 1.54) is 24.3 Å². The first-order chi connectivity index (χ1) is 16.9. The van der Waals surface area contributed by atoms with Gasteiger partial charge >= 0.3 is 0 Å². The van der Waals surface area contributed by atoms with Gasteiger partial charge in [0.25, 0.3) is 15.9 Å². The number of para-hydroxylation sites is 3. The number of rotatable bonds is 9. The maximum Gasteiger partial charge on any atom is 0.262 e. The number of ether oxygens (including phenoxy) is 2. The minimum Gasteiger partial charge on any atom is -0.484 e. The van der Waals surface area contributed by atoms with Crippen LogP contribution >= 0.6 is 15.9 Å². The molecule has 0 radical (unpaired) electrons. The van der Waals surface area contributed by atoms with E-state index in [0.717, 1.165) is 4.47 Å². The maximum atomic E-state index is 12.6. The first kappa shape index (κ1) is 24.3. The van der Waals surface area contributed by atoms with Crippen LogP contribution in [-0.4, -0.2) is 20.9 Å². The summed E-state index contributed by atoms with van der Waals surface area (Å²) in [5.41, 5.74) is 0.951. The number of halogens is 1. The summed E-state index contributed by atoms with van der Waals surface area (Å²) in [6, 6.07) is 28.9. The topological polar surface area (TPSA) is 93.7 Å². The average Bonchev–Trinajstić information content (AvgIpc) is 2.86. The van der Waals surface area contributed by atoms with Gasteiger partial charge in [0.15, 0.2) is 12.4 Å². The Balaban J connectivity index is 1.34. The molecule has 0 heterocycles. The summed E-state index contributed by atoms with van der Waals surface area (Å²) in [5, 5.41) is 2.77. The molecule has 0 fully saturated rings. The van der Waals surface area contributed by atoms with E-state index in [-0.39, 0.29) is 17.4 Å². The van der Waals surface area contributed by atoms with E-state index in [0.29, 0.717) is 28.6 Å². The Hall–Kier alpha value is -3.82. The quantitative estimate of drug-likeness (QED) is 0.263. The lowest BCUT2D eigenvalue weighted by molar-refractivity contribution is -0.118. The minimum absolute atomic E-state index is 0.0733. The molecule has 0 aromatic heterocycles. The van der Waals surface area contributed by atoms with Crippen LogP contribution in [0.3, 0.4) is 0 Å². The molecule has 0 aliphatic carbocycles. The van der Waals surface area contributed by atoms with Gasteiger partial charge in [-0.2, -0.15) is 0 Å². The zero-order valence-corrected chi connectivity index (χ0v) is 20.8. The van der Waals surface area contributed by atoms with E-state index in [1.54, 1.807) is 42.5 Å². The fourth-order valence-electron chi connectivity index (χ4n) is 3.06. The second-order valence-electron chi connectivity index (χ2n) is 7.33. The van der Waals surface area contributed by atoms with Gasteiger partial charge in [-0.25, -0.2) is 8.42 Å². The van der Waals surface area contributed by atoms with Crippen LogP contribution in [0, 0.1) is 0 Å². The fourth-order valence-corrected chi connectivity index (χ4v) is 4.38. The summed E-state index contributed by atoms with van der Waals surface area (Å²) in [7, 11) is -3.76. The van der Waals surface area contributed by atoms with E-state index < -0.39 is 10.0 Å². The molecule has 0 aliphatic rings. The molecule has 9 heteroatoms. The summed E-state index contributed by atoms with van der Waals surface area (Å²) in [5.74, 6) is 1.12. The Bertz CT molecular complexity index is 1390. The Kier molecular flexibility index (Phi) is 7.69. The van der Waals surface area contributed by atoms with Crippen molar-refractivity contribution >= 4 is 43.2 Å². The molecule has 178 valence electrons. The fraction of sp³-hybridized carbons (Fsp3) is 0.0385. The molecule has 35 heavy (non-hydrogen) atoms. The Morgan fingerprint density at radius 2 is 1.43 bits per heavy atom.